The van der Waals surface area contributed by atoms with E-state index >= 15 is 0 Å². The molecule has 0 bridgehead atoms. The maximum absolute atomic E-state index is 12.4. The number of carbonyl (C=O) groups excluding carboxylic acids is 1. The zero-order chi connectivity index (χ0) is 21.0. The molecule has 0 saturated carbocycles. The summed E-state index contributed by atoms with van der Waals surface area (Å²) < 4.78 is 5.30. The van der Waals surface area contributed by atoms with Crippen molar-refractivity contribution in [2.24, 2.45) is 0 Å². The van der Waals surface area contributed by atoms with Crippen molar-refractivity contribution in [2.45, 2.75) is 31.7 Å². The number of aromatic nitrogens is 1. The number of pyridine rings is 1. The van der Waals surface area contributed by atoms with E-state index in [2.05, 4.69) is 42.4 Å². The predicted octanol–water partition coefficient (Wildman–Crippen LogP) is 5.28. The standard InChI is InChI=1S/C23H23N3O2S/c1-14(2)16-6-7-19-17(10-16)11-18(12-24)23(26-19)29-13-22(27)25-20-9-15(3)5-8-21(20)28-4/h5-11,14H,13H2,1-4H3,(H,25,27). The maximum atomic E-state index is 12.4. The van der Waals surface area contributed by atoms with Gasteiger partial charge in [-0.2, -0.15) is 5.26 Å². The third-order valence-electron chi connectivity index (χ3n) is 4.56. The van der Waals surface area contributed by atoms with E-state index in [9.17, 15) is 10.1 Å². The summed E-state index contributed by atoms with van der Waals surface area (Å²) in [4.78, 5) is 17.1. The third kappa shape index (κ3) is 4.87. The number of rotatable bonds is 6. The minimum absolute atomic E-state index is 0.147. The molecule has 0 aliphatic rings. The minimum atomic E-state index is -0.181. The summed E-state index contributed by atoms with van der Waals surface area (Å²) in [5.74, 6) is 0.978. The van der Waals surface area contributed by atoms with Gasteiger partial charge < -0.3 is 10.1 Å². The van der Waals surface area contributed by atoms with E-state index in [0.29, 0.717) is 27.9 Å². The molecule has 0 fully saturated rings. The van der Waals surface area contributed by atoms with Gasteiger partial charge in [0.25, 0.3) is 0 Å². The second-order valence-electron chi connectivity index (χ2n) is 7.10. The van der Waals surface area contributed by atoms with Crippen molar-refractivity contribution in [1.29, 1.82) is 5.26 Å². The van der Waals surface area contributed by atoms with Crippen molar-refractivity contribution in [3.05, 3.63) is 59.2 Å². The van der Waals surface area contributed by atoms with Crippen LogP contribution in [0, 0.1) is 18.3 Å². The molecular formula is C23H23N3O2S. The minimum Gasteiger partial charge on any atom is -0.495 e. The SMILES string of the molecule is COc1ccc(C)cc1NC(=O)CSc1nc2ccc(C(C)C)cc2cc1C#N. The van der Waals surface area contributed by atoms with Gasteiger partial charge in [-0.15, -0.1) is 0 Å². The topological polar surface area (TPSA) is 75.0 Å². The average molecular weight is 406 g/mol. The van der Waals surface area contributed by atoms with Gasteiger partial charge in [-0.1, -0.05) is 37.7 Å². The van der Waals surface area contributed by atoms with Crippen molar-refractivity contribution in [2.75, 3.05) is 18.2 Å². The lowest BCUT2D eigenvalue weighted by Gasteiger charge is -2.11. The first-order valence-electron chi connectivity index (χ1n) is 9.33. The molecule has 3 aromatic rings. The van der Waals surface area contributed by atoms with Crippen LogP contribution in [0.2, 0.25) is 0 Å². The van der Waals surface area contributed by atoms with Crippen LogP contribution >= 0.6 is 11.8 Å². The number of hydrogen-bond acceptors (Lipinski definition) is 5. The Balaban J connectivity index is 1.78. The fraction of sp³-hybridized carbons (Fsp3) is 0.261. The van der Waals surface area contributed by atoms with E-state index in [1.54, 1.807) is 7.11 Å². The first-order valence-corrected chi connectivity index (χ1v) is 10.3. The highest BCUT2D eigenvalue weighted by atomic mass is 32.2. The van der Waals surface area contributed by atoms with Gasteiger partial charge in [0.15, 0.2) is 0 Å². The summed E-state index contributed by atoms with van der Waals surface area (Å²) in [6, 6.07) is 15.7. The van der Waals surface area contributed by atoms with Gasteiger partial charge >= 0.3 is 0 Å². The van der Waals surface area contributed by atoms with E-state index in [1.165, 1.54) is 17.3 Å². The number of methoxy groups -OCH3 is 1. The highest BCUT2D eigenvalue weighted by Gasteiger charge is 2.13. The number of amides is 1. The molecule has 1 heterocycles. The summed E-state index contributed by atoms with van der Waals surface area (Å²) in [6.07, 6.45) is 0. The number of fused-ring (bicyclic) bond motifs is 1. The molecule has 3 rings (SSSR count). The van der Waals surface area contributed by atoms with Crippen molar-refractivity contribution >= 4 is 34.3 Å². The maximum Gasteiger partial charge on any atom is 0.234 e. The number of nitrogens with one attached hydrogen (secondary N) is 1. The van der Waals surface area contributed by atoms with Crippen LogP contribution in [0.15, 0.2) is 47.5 Å². The summed E-state index contributed by atoms with van der Waals surface area (Å²) in [6.45, 7) is 6.21. The summed E-state index contributed by atoms with van der Waals surface area (Å²) in [5, 5.41) is 13.9. The van der Waals surface area contributed by atoms with Crippen LogP contribution < -0.4 is 10.1 Å². The molecule has 1 aromatic heterocycles. The molecular weight excluding hydrogens is 382 g/mol. The molecule has 1 amide bonds. The van der Waals surface area contributed by atoms with Crippen LogP contribution in [0.5, 0.6) is 5.75 Å². The lowest BCUT2D eigenvalue weighted by Crippen LogP contribution is -2.15. The first-order chi connectivity index (χ1) is 13.9. The van der Waals surface area contributed by atoms with Gasteiger partial charge in [0, 0.05) is 5.39 Å². The lowest BCUT2D eigenvalue weighted by molar-refractivity contribution is -0.113. The van der Waals surface area contributed by atoms with E-state index in [4.69, 9.17) is 4.74 Å². The number of ether oxygens (including phenoxy) is 1. The van der Waals surface area contributed by atoms with Crippen LogP contribution in [-0.4, -0.2) is 23.8 Å². The summed E-state index contributed by atoms with van der Waals surface area (Å²) >= 11 is 1.26. The highest BCUT2D eigenvalue weighted by Crippen LogP contribution is 2.28. The molecule has 2 aromatic carbocycles. The third-order valence-corrected chi connectivity index (χ3v) is 5.55. The number of nitriles is 1. The average Bonchev–Trinajstić information content (AvgIpc) is 2.71. The summed E-state index contributed by atoms with van der Waals surface area (Å²) in [7, 11) is 1.57. The zero-order valence-corrected chi connectivity index (χ0v) is 17.8. The number of nitrogens with zero attached hydrogens (tertiary/aromatic N) is 2. The number of benzene rings is 2. The van der Waals surface area contributed by atoms with Crippen LogP contribution in [0.1, 0.15) is 36.5 Å². The summed E-state index contributed by atoms with van der Waals surface area (Å²) in [5.41, 5.74) is 4.15. The van der Waals surface area contributed by atoms with Crippen molar-refractivity contribution < 1.29 is 9.53 Å². The van der Waals surface area contributed by atoms with Gasteiger partial charge in [-0.05, 0) is 54.3 Å². The van der Waals surface area contributed by atoms with Crippen LogP contribution in [0.25, 0.3) is 10.9 Å². The number of hydrogen-bond donors (Lipinski definition) is 1. The Morgan fingerprint density at radius 2 is 2.03 bits per heavy atom. The fourth-order valence-electron chi connectivity index (χ4n) is 2.97. The van der Waals surface area contributed by atoms with Crippen LogP contribution in [-0.2, 0) is 4.79 Å². The van der Waals surface area contributed by atoms with Gasteiger partial charge in [0.1, 0.15) is 16.8 Å². The van der Waals surface area contributed by atoms with Gasteiger partial charge in [0.05, 0.1) is 29.6 Å². The molecule has 5 nitrogen and oxygen atoms in total. The van der Waals surface area contributed by atoms with Crippen molar-refractivity contribution in [3.63, 3.8) is 0 Å². The first kappa shape index (κ1) is 20.7. The normalized spacial score (nSPS) is 10.8. The van der Waals surface area contributed by atoms with Gasteiger partial charge in [0.2, 0.25) is 5.91 Å². The van der Waals surface area contributed by atoms with E-state index < -0.39 is 0 Å². The molecule has 0 saturated heterocycles. The second-order valence-corrected chi connectivity index (χ2v) is 8.06. The molecule has 0 aliphatic heterocycles. The Hall–Kier alpha value is -3.04. The number of carbonyl (C=O) groups is 1. The highest BCUT2D eigenvalue weighted by molar-refractivity contribution is 8.00. The van der Waals surface area contributed by atoms with Gasteiger partial charge in [-0.25, -0.2) is 4.98 Å². The van der Waals surface area contributed by atoms with Crippen LogP contribution in [0.4, 0.5) is 5.69 Å². The predicted molar refractivity (Wildman–Crippen MR) is 118 cm³/mol. The quantitative estimate of drug-likeness (QED) is 0.565. The Bertz CT molecular complexity index is 1100. The van der Waals surface area contributed by atoms with Crippen molar-refractivity contribution in [3.8, 4) is 11.8 Å². The fourth-order valence-corrected chi connectivity index (χ4v) is 3.73. The number of aryl methyl sites for hydroxylation is 1. The molecule has 0 unspecified atom stereocenters. The molecule has 29 heavy (non-hydrogen) atoms. The monoisotopic (exact) mass is 405 g/mol. The molecule has 0 atom stereocenters. The molecule has 6 heteroatoms. The Morgan fingerprint density at radius 1 is 1.24 bits per heavy atom. The Labute approximate surface area is 175 Å². The second kappa shape index (κ2) is 8.97. The van der Waals surface area contributed by atoms with Crippen molar-refractivity contribution in [1.82, 2.24) is 4.98 Å². The van der Waals surface area contributed by atoms with Gasteiger partial charge in [-0.3, -0.25) is 4.79 Å². The van der Waals surface area contributed by atoms with E-state index in [1.807, 2.05) is 37.3 Å². The lowest BCUT2D eigenvalue weighted by atomic mass is 10.0. The molecule has 0 radical (unpaired) electrons. The van der Waals surface area contributed by atoms with E-state index in [0.717, 1.165) is 16.5 Å². The molecule has 0 aliphatic carbocycles. The Morgan fingerprint density at radius 3 is 2.72 bits per heavy atom. The zero-order valence-electron chi connectivity index (χ0n) is 16.9. The number of thioether (sulfide) groups is 1. The van der Waals surface area contributed by atoms with E-state index in [-0.39, 0.29) is 11.7 Å². The largest absolute Gasteiger partial charge is 0.495 e. The molecule has 148 valence electrons. The Kier molecular flexibility index (Phi) is 6.40. The molecule has 0 spiro atoms. The van der Waals surface area contributed by atoms with Crippen LogP contribution in [0.3, 0.4) is 0 Å². The molecule has 1 N–H and O–H groups in total. The number of anilines is 1. The smallest absolute Gasteiger partial charge is 0.234 e.